The molecule has 4 heteroatoms. The van der Waals surface area contributed by atoms with E-state index in [1.807, 2.05) is 16.9 Å². The number of rotatable bonds is 6. The molecule has 1 fully saturated rings. The predicted molar refractivity (Wildman–Crippen MR) is 70.5 cm³/mol. The lowest BCUT2D eigenvalue weighted by atomic mass is 10.1. The number of aromatic nitrogens is 2. The van der Waals surface area contributed by atoms with E-state index in [4.69, 9.17) is 4.74 Å². The Hall–Kier alpha value is -0.870. The van der Waals surface area contributed by atoms with Crippen LogP contribution in [-0.4, -0.2) is 33.7 Å². The first-order valence-electron chi connectivity index (χ1n) is 7.08. The molecule has 1 saturated heterocycles. The lowest BCUT2D eigenvalue weighted by Crippen LogP contribution is -2.27. The van der Waals surface area contributed by atoms with Gasteiger partial charge < -0.3 is 9.84 Å². The Balaban J connectivity index is 1.93. The summed E-state index contributed by atoms with van der Waals surface area (Å²) in [5.74, 6) is 0. The van der Waals surface area contributed by atoms with Crippen molar-refractivity contribution in [2.45, 2.75) is 64.2 Å². The Morgan fingerprint density at radius 1 is 1.50 bits per heavy atom. The molecular formula is C14H24N2O2. The van der Waals surface area contributed by atoms with Gasteiger partial charge in [-0.05, 0) is 31.7 Å². The number of hydrogen-bond donors (Lipinski definition) is 1. The van der Waals surface area contributed by atoms with E-state index in [0.29, 0.717) is 12.5 Å². The van der Waals surface area contributed by atoms with Crippen LogP contribution in [0.2, 0.25) is 0 Å². The highest BCUT2D eigenvalue weighted by Crippen LogP contribution is 2.19. The van der Waals surface area contributed by atoms with Gasteiger partial charge in [-0.3, -0.25) is 4.68 Å². The van der Waals surface area contributed by atoms with Gasteiger partial charge >= 0.3 is 0 Å². The molecule has 0 saturated carbocycles. The summed E-state index contributed by atoms with van der Waals surface area (Å²) < 4.78 is 7.52. The first-order valence-corrected chi connectivity index (χ1v) is 7.08. The quantitative estimate of drug-likeness (QED) is 0.845. The van der Waals surface area contributed by atoms with Crippen LogP contribution in [0.15, 0.2) is 12.3 Å². The van der Waals surface area contributed by atoms with E-state index in [9.17, 15) is 5.11 Å². The maximum Gasteiger partial charge on any atom is 0.0857 e. The SMILES string of the molecule is CCC(CC)n1ccc(CC(O)C2CCCO2)n1. The monoisotopic (exact) mass is 252 g/mol. The van der Waals surface area contributed by atoms with Gasteiger partial charge in [0, 0.05) is 19.2 Å². The molecule has 2 rings (SSSR count). The van der Waals surface area contributed by atoms with Gasteiger partial charge in [0.1, 0.15) is 0 Å². The van der Waals surface area contributed by atoms with Crippen molar-refractivity contribution in [2.24, 2.45) is 0 Å². The highest BCUT2D eigenvalue weighted by atomic mass is 16.5. The molecule has 102 valence electrons. The molecule has 18 heavy (non-hydrogen) atoms. The van der Waals surface area contributed by atoms with Crippen molar-refractivity contribution in [3.05, 3.63) is 18.0 Å². The fraction of sp³-hybridized carbons (Fsp3) is 0.786. The molecule has 1 aliphatic heterocycles. The molecule has 1 aromatic rings. The van der Waals surface area contributed by atoms with Gasteiger partial charge in [0.05, 0.1) is 23.9 Å². The smallest absolute Gasteiger partial charge is 0.0857 e. The van der Waals surface area contributed by atoms with Gasteiger partial charge in [-0.25, -0.2) is 0 Å². The largest absolute Gasteiger partial charge is 0.390 e. The van der Waals surface area contributed by atoms with Crippen molar-refractivity contribution in [1.29, 1.82) is 0 Å². The van der Waals surface area contributed by atoms with Crippen molar-refractivity contribution in [3.8, 4) is 0 Å². The molecular weight excluding hydrogens is 228 g/mol. The fourth-order valence-corrected chi connectivity index (χ4v) is 2.60. The van der Waals surface area contributed by atoms with Gasteiger partial charge in [-0.2, -0.15) is 5.10 Å². The molecule has 0 bridgehead atoms. The molecule has 1 aliphatic rings. The van der Waals surface area contributed by atoms with Gasteiger partial charge in [-0.1, -0.05) is 13.8 Å². The highest BCUT2D eigenvalue weighted by molar-refractivity contribution is 5.02. The van der Waals surface area contributed by atoms with Crippen molar-refractivity contribution < 1.29 is 9.84 Å². The zero-order chi connectivity index (χ0) is 13.0. The number of hydrogen-bond acceptors (Lipinski definition) is 3. The van der Waals surface area contributed by atoms with Crippen LogP contribution in [0.25, 0.3) is 0 Å². The normalized spacial score (nSPS) is 21.7. The van der Waals surface area contributed by atoms with Gasteiger partial charge in [0.25, 0.3) is 0 Å². The molecule has 0 spiro atoms. The second-order valence-corrected chi connectivity index (χ2v) is 5.08. The van der Waals surface area contributed by atoms with Crippen LogP contribution in [0.3, 0.4) is 0 Å². The molecule has 1 aromatic heterocycles. The summed E-state index contributed by atoms with van der Waals surface area (Å²) in [4.78, 5) is 0. The predicted octanol–water partition coefficient (Wildman–Crippen LogP) is 2.33. The molecule has 2 heterocycles. The van der Waals surface area contributed by atoms with E-state index in [-0.39, 0.29) is 6.10 Å². The third-order valence-corrected chi connectivity index (χ3v) is 3.79. The summed E-state index contributed by atoms with van der Waals surface area (Å²) in [5, 5.41) is 14.7. The number of aliphatic hydroxyl groups excluding tert-OH is 1. The molecule has 2 unspecified atom stereocenters. The summed E-state index contributed by atoms with van der Waals surface area (Å²) in [6.45, 7) is 5.14. The minimum absolute atomic E-state index is 0.00305. The van der Waals surface area contributed by atoms with Crippen LogP contribution in [0.5, 0.6) is 0 Å². The third kappa shape index (κ3) is 3.12. The maximum absolute atomic E-state index is 10.1. The van der Waals surface area contributed by atoms with E-state index < -0.39 is 6.10 Å². The minimum atomic E-state index is -0.419. The van der Waals surface area contributed by atoms with Crippen LogP contribution in [-0.2, 0) is 11.2 Å². The van der Waals surface area contributed by atoms with Crippen LogP contribution < -0.4 is 0 Å². The van der Waals surface area contributed by atoms with Crippen LogP contribution >= 0.6 is 0 Å². The number of ether oxygens (including phenoxy) is 1. The van der Waals surface area contributed by atoms with Crippen LogP contribution in [0, 0.1) is 0 Å². The van der Waals surface area contributed by atoms with Crippen molar-refractivity contribution in [1.82, 2.24) is 9.78 Å². The fourth-order valence-electron chi connectivity index (χ4n) is 2.60. The average Bonchev–Trinajstić information content (AvgIpc) is 3.01. The van der Waals surface area contributed by atoms with E-state index in [2.05, 4.69) is 18.9 Å². The number of nitrogens with zero attached hydrogens (tertiary/aromatic N) is 2. The first-order chi connectivity index (χ1) is 8.74. The van der Waals surface area contributed by atoms with Crippen LogP contribution in [0.4, 0.5) is 0 Å². The summed E-state index contributed by atoms with van der Waals surface area (Å²) in [6.07, 6.45) is 6.41. The lowest BCUT2D eigenvalue weighted by Gasteiger charge is -2.16. The van der Waals surface area contributed by atoms with Gasteiger partial charge in [0.2, 0.25) is 0 Å². The van der Waals surface area contributed by atoms with E-state index in [1.165, 1.54) is 0 Å². The topological polar surface area (TPSA) is 47.3 Å². The average molecular weight is 252 g/mol. The summed E-state index contributed by atoms with van der Waals surface area (Å²) in [6, 6.07) is 2.48. The molecule has 2 atom stereocenters. The molecule has 0 radical (unpaired) electrons. The second kappa shape index (κ2) is 6.34. The van der Waals surface area contributed by atoms with Gasteiger partial charge in [0.15, 0.2) is 0 Å². The highest BCUT2D eigenvalue weighted by Gasteiger charge is 2.24. The van der Waals surface area contributed by atoms with E-state index >= 15 is 0 Å². The molecule has 4 nitrogen and oxygen atoms in total. The molecule has 0 aromatic carbocycles. The first kappa shape index (κ1) is 13.6. The second-order valence-electron chi connectivity index (χ2n) is 5.08. The minimum Gasteiger partial charge on any atom is -0.390 e. The third-order valence-electron chi connectivity index (χ3n) is 3.79. The molecule has 1 N–H and O–H groups in total. The Morgan fingerprint density at radius 2 is 2.28 bits per heavy atom. The Kier molecular flexibility index (Phi) is 4.78. The standard InChI is InChI=1S/C14H24N2O2/c1-3-12(4-2)16-8-7-11(15-16)10-13(17)14-6-5-9-18-14/h7-8,12-14,17H,3-6,9-10H2,1-2H3. The summed E-state index contributed by atoms with van der Waals surface area (Å²) in [7, 11) is 0. The van der Waals surface area contributed by atoms with E-state index in [1.54, 1.807) is 0 Å². The van der Waals surface area contributed by atoms with Crippen molar-refractivity contribution in [3.63, 3.8) is 0 Å². The Labute approximate surface area is 109 Å². The molecule has 0 aliphatic carbocycles. The molecule has 0 amide bonds. The maximum atomic E-state index is 10.1. The zero-order valence-electron chi connectivity index (χ0n) is 11.4. The van der Waals surface area contributed by atoms with Crippen molar-refractivity contribution in [2.75, 3.05) is 6.61 Å². The zero-order valence-corrected chi connectivity index (χ0v) is 11.4. The lowest BCUT2D eigenvalue weighted by molar-refractivity contribution is -0.00129. The van der Waals surface area contributed by atoms with Gasteiger partial charge in [-0.15, -0.1) is 0 Å². The Morgan fingerprint density at radius 3 is 2.89 bits per heavy atom. The Bertz CT molecular complexity index is 354. The summed E-state index contributed by atoms with van der Waals surface area (Å²) in [5.41, 5.74) is 0.963. The summed E-state index contributed by atoms with van der Waals surface area (Å²) >= 11 is 0. The van der Waals surface area contributed by atoms with Crippen LogP contribution in [0.1, 0.15) is 51.3 Å². The number of aliphatic hydroxyl groups is 1. The van der Waals surface area contributed by atoms with E-state index in [0.717, 1.165) is 38.0 Å². The van der Waals surface area contributed by atoms with Crippen molar-refractivity contribution >= 4 is 0 Å².